The van der Waals surface area contributed by atoms with E-state index in [2.05, 4.69) is 10.6 Å². The van der Waals surface area contributed by atoms with Gasteiger partial charge in [0.25, 0.3) is 10.0 Å². The van der Waals surface area contributed by atoms with E-state index in [0.717, 1.165) is 4.31 Å². The van der Waals surface area contributed by atoms with Gasteiger partial charge in [-0.3, -0.25) is 13.9 Å². The van der Waals surface area contributed by atoms with Gasteiger partial charge in [0.2, 0.25) is 11.8 Å². The van der Waals surface area contributed by atoms with Crippen LogP contribution in [0, 0.1) is 0 Å². The number of fused-ring (bicyclic) bond motifs is 1. The van der Waals surface area contributed by atoms with Crippen LogP contribution in [0.1, 0.15) is 6.42 Å². The molecule has 2 amide bonds. The fraction of sp³-hybridized carbons (Fsp3) is 0.0909. The Morgan fingerprint density at radius 1 is 0.938 bits per heavy atom. The molecule has 1 aliphatic rings. The van der Waals surface area contributed by atoms with E-state index in [4.69, 9.17) is 23.2 Å². The van der Waals surface area contributed by atoms with Gasteiger partial charge in [-0.05, 0) is 60.7 Å². The Bertz CT molecular complexity index is 1280. The van der Waals surface area contributed by atoms with Crippen LogP contribution in [0.2, 0.25) is 10.0 Å². The second-order valence-corrected chi connectivity index (χ2v) is 9.72. The summed E-state index contributed by atoms with van der Waals surface area (Å²) < 4.78 is 28.1. The molecule has 32 heavy (non-hydrogen) atoms. The Balaban J connectivity index is 1.71. The SMILES string of the molecule is O=C(C[C@H]1C(=O)Nc2ccccc2N1S(=O)(=O)c1ccc(Cl)cc1)Nc1ccc(Cl)cc1. The maximum absolute atomic E-state index is 13.6. The molecule has 0 bridgehead atoms. The quantitative estimate of drug-likeness (QED) is 0.549. The minimum atomic E-state index is -4.18. The number of anilines is 3. The van der Waals surface area contributed by atoms with Crippen LogP contribution in [0.15, 0.2) is 77.7 Å². The number of hydrogen-bond donors (Lipinski definition) is 2. The first-order valence-electron chi connectivity index (χ1n) is 9.51. The summed E-state index contributed by atoms with van der Waals surface area (Å²) in [7, 11) is -4.18. The van der Waals surface area contributed by atoms with Crippen molar-refractivity contribution in [2.24, 2.45) is 0 Å². The van der Waals surface area contributed by atoms with E-state index in [1.165, 1.54) is 24.3 Å². The number of nitrogens with zero attached hydrogens (tertiary/aromatic N) is 1. The van der Waals surface area contributed by atoms with Crippen molar-refractivity contribution < 1.29 is 18.0 Å². The van der Waals surface area contributed by atoms with E-state index >= 15 is 0 Å². The van der Waals surface area contributed by atoms with Crippen molar-refractivity contribution in [2.45, 2.75) is 17.4 Å². The van der Waals surface area contributed by atoms with Gasteiger partial charge >= 0.3 is 0 Å². The molecular formula is C22H17Cl2N3O4S. The number of carbonyl (C=O) groups excluding carboxylic acids is 2. The molecule has 0 spiro atoms. The molecular weight excluding hydrogens is 473 g/mol. The van der Waals surface area contributed by atoms with E-state index in [9.17, 15) is 18.0 Å². The number of sulfonamides is 1. The summed E-state index contributed by atoms with van der Waals surface area (Å²) in [5, 5.41) is 6.23. The smallest absolute Gasteiger partial charge is 0.265 e. The predicted octanol–water partition coefficient (Wildman–Crippen LogP) is 4.54. The number of benzene rings is 3. The van der Waals surface area contributed by atoms with E-state index in [-0.39, 0.29) is 10.6 Å². The van der Waals surface area contributed by atoms with Crippen LogP contribution in [0.3, 0.4) is 0 Å². The zero-order chi connectivity index (χ0) is 22.9. The molecule has 2 N–H and O–H groups in total. The predicted molar refractivity (Wildman–Crippen MR) is 125 cm³/mol. The number of halogens is 2. The van der Waals surface area contributed by atoms with E-state index in [0.29, 0.717) is 21.4 Å². The van der Waals surface area contributed by atoms with Gasteiger partial charge < -0.3 is 10.6 Å². The second kappa shape index (κ2) is 8.82. The van der Waals surface area contributed by atoms with Gasteiger partial charge in [-0.15, -0.1) is 0 Å². The normalized spacial score (nSPS) is 15.6. The molecule has 7 nitrogen and oxygen atoms in total. The van der Waals surface area contributed by atoms with Crippen LogP contribution in [0.25, 0.3) is 0 Å². The van der Waals surface area contributed by atoms with Crippen LogP contribution in [-0.2, 0) is 19.6 Å². The van der Waals surface area contributed by atoms with Crippen LogP contribution in [0.4, 0.5) is 17.1 Å². The molecule has 1 aliphatic heterocycles. The minimum Gasteiger partial charge on any atom is -0.326 e. The van der Waals surface area contributed by atoms with E-state index in [1.807, 2.05) is 0 Å². The molecule has 4 rings (SSSR count). The third kappa shape index (κ3) is 4.43. The Labute approximate surface area is 195 Å². The average molecular weight is 490 g/mol. The first-order chi connectivity index (χ1) is 15.3. The molecule has 0 aromatic heterocycles. The third-order valence-electron chi connectivity index (χ3n) is 4.86. The molecule has 0 saturated heterocycles. The van der Waals surface area contributed by atoms with Gasteiger partial charge in [0.1, 0.15) is 6.04 Å². The van der Waals surface area contributed by atoms with Gasteiger partial charge in [-0.2, -0.15) is 0 Å². The van der Waals surface area contributed by atoms with Gasteiger partial charge in [-0.1, -0.05) is 35.3 Å². The maximum Gasteiger partial charge on any atom is 0.265 e. The number of rotatable bonds is 5. The summed E-state index contributed by atoms with van der Waals surface area (Å²) in [5.74, 6) is -1.13. The first kappa shape index (κ1) is 22.1. The van der Waals surface area contributed by atoms with Gasteiger partial charge in [-0.25, -0.2) is 8.42 Å². The summed E-state index contributed by atoms with van der Waals surface area (Å²) in [6.07, 6.45) is -0.393. The molecule has 0 radical (unpaired) electrons. The fourth-order valence-electron chi connectivity index (χ4n) is 3.38. The topological polar surface area (TPSA) is 95.6 Å². The summed E-state index contributed by atoms with van der Waals surface area (Å²) >= 11 is 11.8. The zero-order valence-corrected chi connectivity index (χ0v) is 18.8. The van der Waals surface area contributed by atoms with Crippen molar-refractivity contribution in [3.05, 3.63) is 82.8 Å². The third-order valence-corrected chi connectivity index (χ3v) is 7.20. The lowest BCUT2D eigenvalue weighted by Gasteiger charge is -2.36. The van der Waals surface area contributed by atoms with Gasteiger partial charge in [0.05, 0.1) is 22.7 Å². The summed E-state index contributed by atoms with van der Waals surface area (Å²) in [4.78, 5) is 25.6. The molecule has 10 heteroatoms. The molecule has 0 unspecified atom stereocenters. The van der Waals surface area contributed by atoms with E-state index < -0.39 is 34.3 Å². The average Bonchev–Trinajstić information content (AvgIpc) is 2.76. The first-order valence-corrected chi connectivity index (χ1v) is 11.7. The Morgan fingerprint density at radius 2 is 1.53 bits per heavy atom. The lowest BCUT2D eigenvalue weighted by atomic mass is 10.1. The Morgan fingerprint density at radius 3 is 2.19 bits per heavy atom. The van der Waals surface area contributed by atoms with Crippen LogP contribution in [0.5, 0.6) is 0 Å². The molecule has 0 fully saturated rings. The highest BCUT2D eigenvalue weighted by molar-refractivity contribution is 7.93. The van der Waals surface area contributed by atoms with Crippen molar-refractivity contribution in [2.75, 3.05) is 14.9 Å². The summed E-state index contributed by atoms with van der Waals surface area (Å²) in [6.45, 7) is 0. The number of hydrogen-bond acceptors (Lipinski definition) is 4. The molecule has 3 aromatic carbocycles. The molecule has 164 valence electrons. The number of para-hydroxylation sites is 2. The molecule has 0 saturated carbocycles. The number of amides is 2. The van der Waals surface area contributed by atoms with Crippen molar-refractivity contribution in [3.8, 4) is 0 Å². The highest BCUT2D eigenvalue weighted by Gasteiger charge is 2.41. The molecule has 0 aliphatic carbocycles. The minimum absolute atomic E-state index is 0.0467. The van der Waals surface area contributed by atoms with Gasteiger partial charge in [0, 0.05) is 15.7 Å². The Kier molecular flexibility index (Phi) is 6.10. The van der Waals surface area contributed by atoms with Crippen molar-refractivity contribution >= 4 is 62.1 Å². The standard InChI is InChI=1S/C22H17Cl2N3O4S/c23-14-5-9-16(10-6-14)25-21(28)13-20-22(29)26-18-3-1-2-4-19(18)27(20)32(30,31)17-11-7-15(24)8-12-17/h1-12,20H,13H2,(H,25,28)(H,26,29)/t20-/m0/s1. The molecule has 1 heterocycles. The zero-order valence-electron chi connectivity index (χ0n) is 16.5. The lowest BCUT2D eigenvalue weighted by molar-refractivity contribution is -0.122. The number of nitrogens with one attached hydrogen (secondary N) is 2. The Hall–Kier alpha value is -3.07. The highest BCUT2D eigenvalue weighted by atomic mass is 35.5. The van der Waals surface area contributed by atoms with Crippen LogP contribution in [-0.4, -0.2) is 26.3 Å². The summed E-state index contributed by atoms with van der Waals surface area (Å²) in [5.41, 5.74) is 1.08. The molecule has 1 atom stereocenters. The van der Waals surface area contributed by atoms with Gasteiger partial charge in [0.15, 0.2) is 0 Å². The second-order valence-electron chi connectivity index (χ2n) is 7.04. The molecule has 3 aromatic rings. The van der Waals surface area contributed by atoms with Crippen molar-refractivity contribution in [1.82, 2.24) is 0 Å². The number of carbonyl (C=O) groups is 2. The van der Waals surface area contributed by atoms with Crippen LogP contribution < -0.4 is 14.9 Å². The van der Waals surface area contributed by atoms with Crippen molar-refractivity contribution in [1.29, 1.82) is 0 Å². The van der Waals surface area contributed by atoms with Crippen LogP contribution >= 0.6 is 23.2 Å². The fourth-order valence-corrected chi connectivity index (χ4v) is 5.26. The monoisotopic (exact) mass is 489 g/mol. The highest BCUT2D eigenvalue weighted by Crippen LogP contribution is 2.37. The maximum atomic E-state index is 13.6. The van der Waals surface area contributed by atoms with E-state index in [1.54, 1.807) is 48.5 Å². The van der Waals surface area contributed by atoms with Crippen molar-refractivity contribution in [3.63, 3.8) is 0 Å². The summed E-state index contributed by atoms with van der Waals surface area (Å²) in [6, 6.07) is 17.3. The lowest BCUT2D eigenvalue weighted by Crippen LogP contribution is -2.52. The largest absolute Gasteiger partial charge is 0.326 e.